The van der Waals surface area contributed by atoms with Crippen LogP contribution in [0.15, 0.2) is 60.7 Å². The molecule has 2 aromatic carbocycles. The van der Waals surface area contributed by atoms with Crippen molar-refractivity contribution in [3.05, 3.63) is 66.2 Å². The third-order valence-electron chi connectivity index (χ3n) is 2.69. The maximum absolute atomic E-state index is 11.7. The number of nitrogens with one attached hydrogen (secondary N) is 2. The van der Waals surface area contributed by atoms with Gasteiger partial charge < -0.3 is 0 Å². The van der Waals surface area contributed by atoms with E-state index in [0.717, 1.165) is 5.32 Å². The summed E-state index contributed by atoms with van der Waals surface area (Å²) in [5, 5.41) is 0.810. The van der Waals surface area contributed by atoms with E-state index in [1.165, 1.54) is 4.46 Å². The molecule has 0 atom stereocenters. The fourth-order valence-corrected chi connectivity index (χ4v) is 3.46. The number of carbonyl (C=O) groups is 2. The molecule has 21 heavy (non-hydrogen) atoms. The van der Waals surface area contributed by atoms with Crippen molar-refractivity contribution >= 4 is 31.2 Å². The van der Waals surface area contributed by atoms with Crippen LogP contribution in [0.25, 0.3) is 0 Å². The normalized spacial score (nSPS) is 9.90. The SMILES string of the molecule is O=C(CC[Se]c1ccccc1)NNC(=O)c1ccccc1. The summed E-state index contributed by atoms with van der Waals surface area (Å²) >= 11 is 0.280. The van der Waals surface area contributed by atoms with Gasteiger partial charge in [0.1, 0.15) is 0 Å². The quantitative estimate of drug-likeness (QED) is 0.633. The van der Waals surface area contributed by atoms with Crippen LogP contribution in [0.1, 0.15) is 16.8 Å². The zero-order chi connectivity index (χ0) is 14.9. The summed E-state index contributed by atoms with van der Waals surface area (Å²) in [5.74, 6) is -0.477. The predicted molar refractivity (Wildman–Crippen MR) is 83.3 cm³/mol. The van der Waals surface area contributed by atoms with Crippen LogP contribution in [0.2, 0.25) is 5.32 Å². The molecule has 108 valence electrons. The van der Waals surface area contributed by atoms with E-state index >= 15 is 0 Å². The maximum atomic E-state index is 11.7. The van der Waals surface area contributed by atoms with Crippen LogP contribution in [-0.2, 0) is 4.79 Å². The molecule has 5 heteroatoms. The summed E-state index contributed by atoms with van der Waals surface area (Å²) in [6, 6.07) is 18.9. The Bertz CT molecular complexity index is 588. The second-order valence-electron chi connectivity index (χ2n) is 4.28. The van der Waals surface area contributed by atoms with Crippen molar-refractivity contribution in [2.75, 3.05) is 0 Å². The van der Waals surface area contributed by atoms with Gasteiger partial charge in [0.05, 0.1) is 0 Å². The van der Waals surface area contributed by atoms with Gasteiger partial charge in [0, 0.05) is 0 Å². The van der Waals surface area contributed by atoms with Gasteiger partial charge in [-0.15, -0.1) is 0 Å². The van der Waals surface area contributed by atoms with Gasteiger partial charge in [-0.3, -0.25) is 0 Å². The van der Waals surface area contributed by atoms with Crippen molar-refractivity contribution in [3.8, 4) is 0 Å². The van der Waals surface area contributed by atoms with Crippen molar-refractivity contribution in [1.82, 2.24) is 10.9 Å². The average molecular weight is 347 g/mol. The van der Waals surface area contributed by atoms with E-state index in [9.17, 15) is 9.59 Å². The number of hydrogen-bond acceptors (Lipinski definition) is 2. The second-order valence-corrected chi connectivity index (χ2v) is 6.73. The number of hydrazine groups is 1. The Morgan fingerprint density at radius 2 is 1.48 bits per heavy atom. The molecule has 4 nitrogen and oxygen atoms in total. The Kier molecular flexibility index (Phi) is 6.00. The molecule has 0 aliphatic heterocycles. The molecule has 2 aromatic rings. The summed E-state index contributed by atoms with van der Waals surface area (Å²) in [6.07, 6.45) is 0.407. The second kappa shape index (κ2) is 8.25. The van der Waals surface area contributed by atoms with Crippen molar-refractivity contribution < 1.29 is 9.59 Å². The first-order valence-corrected chi connectivity index (χ1v) is 8.64. The third kappa shape index (κ3) is 5.42. The molecule has 2 rings (SSSR count). The van der Waals surface area contributed by atoms with Crippen LogP contribution >= 0.6 is 0 Å². The van der Waals surface area contributed by atoms with Gasteiger partial charge in [0.2, 0.25) is 0 Å². The first-order valence-electron chi connectivity index (χ1n) is 6.58. The molecule has 0 saturated heterocycles. The minimum absolute atomic E-state index is 0.169. The van der Waals surface area contributed by atoms with Crippen LogP contribution in [0.3, 0.4) is 0 Å². The van der Waals surface area contributed by atoms with Crippen molar-refractivity contribution in [3.63, 3.8) is 0 Å². The zero-order valence-corrected chi connectivity index (χ0v) is 13.1. The first-order chi connectivity index (χ1) is 10.3. The van der Waals surface area contributed by atoms with E-state index in [1.807, 2.05) is 24.3 Å². The van der Waals surface area contributed by atoms with Crippen LogP contribution in [0.5, 0.6) is 0 Å². The number of amides is 2. The van der Waals surface area contributed by atoms with Crippen LogP contribution in [0.4, 0.5) is 0 Å². The van der Waals surface area contributed by atoms with Gasteiger partial charge >= 0.3 is 130 Å². The van der Waals surface area contributed by atoms with Gasteiger partial charge in [-0.2, -0.15) is 0 Å². The van der Waals surface area contributed by atoms with Crippen LogP contribution in [-0.4, -0.2) is 26.8 Å². The topological polar surface area (TPSA) is 58.2 Å². The van der Waals surface area contributed by atoms with E-state index in [0.29, 0.717) is 12.0 Å². The summed E-state index contributed by atoms with van der Waals surface area (Å²) in [6.45, 7) is 0. The zero-order valence-electron chi connectivity index (χ0n) is 11.4. The molecule has 0 radical (unpaired) electrons. The number of hydrogen-bond donors (Lipinski definition) is 2. The van der Waals surface area contributed by atoms with E-state index in [1.54, 1.807) is 24.3 Å². The Hall–Kier alpha value is -2.10. The summed E-state index contributed by atoms with van der Waals surface area (Å²) in [4.78, 5) is 23.4. The molecule has 0 unspecified atom stereocenters. The Balaban J connectivity index is 1.67. The van der Waals surface area contributed by atoms with Crippen molar-refractivity contribution in [2.24, 2.45) is 0 Å². The van der Waals surface area contributed by atoms with Gasteiger partial charge in [0.15, 0.2) is 0 Å². The molecule has 0 aliphatic carbocycles. The molecule has 2 amide bonds. The molecule has 0 aliphatic rings. The summed E-state index contributed by atoms with van der Waals surface area (Å²) < 4.78 is 1.27. The standard InChI is InChI=1S/C16H16N2O2Se/c19-15(11-12-21-14-9-5-2-6-10-14)17-18-16(20)13-7-3-1-4-8-13/h1-10H,11-12H2,(H,17,19)(H,18,20). The van der Waals surface area contributed by atoms with Crippen LogP contribution < -0.4 is 15.3 Å². The number of carbonyl (C=O) groups excluding carboxylic acids is 2. The molecular formula is C16H16N2O2Se. The van der Waals surface area contributed by atoms with Crippen LogP contribution in [0, 0.1) is 0 Å². The molecule has 0 fully saturated rings. The van der Waals surface area contributed by atoms with E-state index < -0.39 is 0 Å². The van der Waals surface area contributed by atoms with Gasteiger partial charge in [-0.05, 0) is 0 Å². The Morgan fingerprint density at radius 1 is 0.857 bits per heavy atom. The van der Waals surface area contributed by atoms with E-state index in [4.69, 9.17) is 0 Å². The molecule has 0 spiro atoms. The molecule has 0 heterocycles. The van der Waals surface area contributed by atoms with E-state index in [-0.39, 0.29) is 26.8 Å². The average Bonchev–Trinajstić information content (AvgIpc) is 2.54. The fourth-order valence-electron chi connectivity index (χ4n) is 1.63. The molecule has 0 aromatic heterocycles. The summed E-state index contributed by atoms with van der Waals surface area (Å²) in [7, 11) is 0. The Labute approximate surface area is 130 Å². The Morgan fingerprint density at radius 3 is 2.14 bits per heavy atom. The summed E-state index contributed by atoms with van der Waals surface area (Å²) in [5.41, 5.74) is 5.37. The van der Waals surface area contributed by atoms with E-state index in [2.05, 4.69) is 23.0 Å². The fraction of sp³-hybridized carbons (Fsp3) is 0.125. The number of rotatable bonds is 5. The number of benzene rings is 2. The molecule has 0 bridgehead atoms. The monoisotopic (exact) mass is 348 g/mol. The molecule has 0 saturated carbocycles. The third-order valence-corrected chi connectivity index (χ3v) is 4.82. The van der Waals surface area contributed by atoms with Gasteiger partial charge in [-0.25, -0.2) is 0 Å². The van der Waals surface area contributed by atoms with Gasteiger partial charge in [0.25, 0.3) is 0 Å². The van der Waals surface area contributed by atoms with Crippen molar-refractivity contribution in [2.45, 2.75) is 11.7 Å². The molecular weight excluding hydrogens is 331 g/mol. The van der Waals surface area contributed by atoms with Crippen molar-refractivity contribution in [1.29, 1.82) is 0 Å². The molecule has 2 N–H and O–H groups in total. The first kappa shape index (κ1) is 15.3. The minimum atomic E-state index is -0.308. The van der Waals surface area contributed by atoms with Gasteiger partial charge in [-0.1, -0.05) is 0 Å². The predicted octanol–water partition coefficient (Wildman–Crippen LogP) is 1.29.